The molecule has 0 aromatic rings. The Morgan fingerprint density at radius 2 is 1.93 bits per heavy atom. The van der Waals surface area contributed by atoms with E-state index in [1.807, 2.05) is 0 Å². The van der Waals surface area contributed by atoms with Crippen LogP contribution < -0.4 is 5.32 Å². The van der Waals surface area contributed by atoms with Crippen LogP contribution in [0, 0.1) is 23.7 Å². The zero-order valence-electron chi connectivity index (χ0n) is 9.92. The van der Waals surface area contributed by atoms with Crippen LogP contribution in [0.2, 0.25) is 0 Å². The molecule has 1 N–H and O–H groups in total. The SMILES string of the molecule is CC(C)CN[C@H](C)[C@H]1C[C@@H]2CC[C@@H]1C2. The van der Waals surface area contributed by atoms with Gasteiger partial charge in [0.2, 0.25) is 0 Å². The van der Waals surface area contributed by atoms with Gasteiger partial charge in [0.25, 0.3) is 0 Å². The molecule has 0 heterocycles. The molecule has 0 radical (unpaired) electrons. The molecule has 0 amide bonds. The van der Waals surface area contributed by atoms with E-state index in [0.29, 0.717) is 0 Å². The molecule has 1 nitrogen and oxygen atoms in total. The summed E-state index contributed by atoms with van der Waals surface area (Å²) in [6, 6.07) is 0.757. The van der Waals surface area contributed by atoms with Crippen molar-refractivity contribution in [3.05, 3.63) is 0 Å². The van der Waals surface area contributed by atoms with Crippen molar-refractivity contribution < 1.29 is 0 Å². The minimum Gasteiger partial charge on any atom is -0.314 e. The van der Waals surface area contributed by atoms with E-state index in [9.17, 15) is 0 Å². The van der Waals surface area contributed by atoms with E-state index in [2.05, 4.69) is 26.1 Å². The highest BCUT2D eigenvalue weighted by molar-refractivity contribution is 4.93. The Labute approximate surface area is 88.7 Å². The second-order valence-electron chi connectivity index (χ2n) is 5.93. The first-order chi connectivity index (χ1) is 6.66. The van der Waals surface area contributed by atoms with Crippen LogP contribution in [-0.2, 0) is 0 Å². The molecule has 2 rings (SSSR count). The fourth-order valence-corrected chi connectivity index (χ4v) is 3.48. The first kappa shape index (κ1) is 10.5. The minimum absolute atomic E-state index is 0.757. The summed E-state index contributed by atoms with van der Waals surface area (Å²) < 4.78 is 0. The summed E-state index contributed by atoms with van der Waals surface area (Å²) in [5.74, 6) is 3.94. The average molecular weight is 195 g/mol. The molecule has 82 valence electrons. The van der Waals surface area contributed by atoms with Crippen LogP contribution in [0.15, 0.2) is 0 Å². The van der Waals surface area contributed by atoms with E-state index in [0.717, 1.165) is 29.7 Å². The number of hydrogen-bond donors (Lipinski definition) is 1. The highest BCUT2D eigenvalue weighted by Crippen LogP contribution is 2.49. The standard InChI is InChI=1S/C13H25N/c1-9(2)8-14-10(3)13-7-11-4-5-12(13)6-11/h9-14H,4-8H2,1-3H3/t10-,11-,12-,13-/m1/s1. The predicted molar refractivity (Wildman–Crippen MR) is 61.2 cm³/mol. The fraction of sp³-hybridized carbons (Fsp3) is 1.00. The molecule has 14 heavy (non-hydrogen) atoms. The van der Waals surface area contributed by atoms with Gasteiger partial charge in [0.1, 0.15) is 0 Å². The van der Waals surface area contributed by atoms with Gasteiger partial charge in [-0.05, 0) is 56.4 Å². The lowest BCUT2D eigenvalue weighted by Crippen LogP contribution is -2.38. The van der Waals surface area contributed by atoms with Gasteiger partial charge in [-0.2, -0.15) is 0 Å². The molecule has 0 aromatic heterocycles. The number of fused-ring (bicyclic) bond motifs is 2. The van der Waals surface area contributed by atoms with Crippen molar-refractivity contribution in [2.45, 2.75) is 52.5 Å². The van der Waals surface area contributed by atoms with Gasteiger partial charge in [-0.15, -0.1) is 0 Å². The quantitative estimate of drug-likeness (QED) is 0.727. The van der Waals surface area contributed by atoms with Crippen LogP contribution in [-0.4, -0.2) is 12.6 Å². The topological polar surface area (TPSA) is 12.0 Å². The molecule has 0 saturated heterocycles. The van der Waals surface area contributed by atoms with E-state index in [1.165, 1.54) is 25.8 Å². The summed E-state index contributed by atoms with van der Waals surface area (Å²) in [6.45, 7) is 8.17. The average Bonchev–Trinajstić information content (AvgIpc) is 2.74. The molecule has 1 heteroatoms. The normalized spacial score (nSPS) is 38.1. The van der Waals surface area contributed by atoms with E-state index >= 15 is 0 Å². The highest BCUT2D eigenvalue weighted by Gasteiger charge is 2.41. The highest BCUT2D eigenvalue weighted by atomic mass is 14.9. The summed E-state index contributed by atoms with van der Waals surface area (Å²) in [5.41, 5.74) is 0. The second kappa shape index (κ2) is 4.22. The van der Waals surface area contributed by atoms with Crippen LogP contribution in [0.5, 0.6) is 0 Å². The molecule has 0 aliphatic heterocycles. The van der Waals surface area contributed by atoms with E-state index in [-0.39, 0.29) is 0 Å². The maximum atomic E-state index is 3.71. The molecular formula is C13H25N. The zero-order chi connectivity index (χ0) is 10.1. The van der Waals surface area contributed by atoms with Gasteiger partial charge in [-0.1, -0.05) is 20.3 Å². The van der Waals surface area contributed by atoms with Crippen molar-refractivity contribution in [3.8, 4) is 0 Å². The summed E-state index contributed by atoms with van der Waals surface area (Å²) in [5, 5.41) is 3.71. The predicted octanol–water partition coefficient (Wildman–Crippen LogP) is 3.06. The molecule has 0 aromatic carbocycles. The molecule has 0 spiro atoms. The van der Waals surface area contributed by atoms with E-state index < -0.39 is 0 Å². The minimum atomic E-state index is 0.757. The molecule has 2 aliphatic rings. The van der Waals surface area contributed by atoms with E-state index in [4.69, 9.17) is 0 Å². The molecular weight excluding hydrogens is 170 g/mol. The van der Waals surface area contributed by atoms with Crippen molar-refractivity contribution in [3.63, 3.8) is 0 Å². The fourth-order valence-electron chi connectivity index (χ4n) is 3.48. The maximum Gasteiger partial charge on any atom is 0.00698 e. The Morgan fingerprint density at radius 3 is 2.43 bits per heavy atom. The summed E-state index contributed by atoms with van der Waals surface area (Å²) >= 11 is 0. The molecule has 2 aliphatic carbocycles. The summed E-state index contributed by atoms with van der Waals surface area (Å²) in [7, 11) is 0. The Hall–Kier alpha value is -0.0400. The van der Waals surface area contributed by atoms with Crippen molar-refractivity contribution in [1.29, 1.82) is 0 Å². The smallest absolute Gasteiger partial charge is 0.00698 e. The Morgan fingerprint density at radius 1 is 1.14 bits per heavy atom. The monoisotopic (exact) mass is 195 g/mol. The number of nitrogens with one attached hydrogen (secondary N) is 1. The van der Waals surface area contributed by atoms with Gasteiger partial charge >= 0.3 is 0 Å². The Balaban J connectivity index is 1.78. The molecule has 2 saturated carbocycles. The van der Waals surface area contributed by atoms with Crippen molar-refractivity contribution in [2.24, 2.45) is 23.7 Å². The number of hydrogen-bond acceptors (Lipinski definition) is 1. The van der Waals surface area contributed by atoms with Crippen LogP contribution >= 0.6 is 0 Å². The van der Waals surface area contributed by atoms with Gasteiger partial charge in [0, 0.05) is 6.04 Å². The molecule has 2 bridgehead atoms. The first-order valence-electron chi connectivity index (χ1n) is 6.40. The van der Waals surface area contributed by atoms with Crippen LogP contribution in [0.1, 0.15) is 46.5 Å². The maximum absolute atomic E-state index is 3.71. The lowest BCUT2D eigenvalue weighted by atomic mass is 9.84. The summed E-state index contributed by atoms with van der Waals surface area (Å²) in [6.07, 6.45) is 6.09. The second-order valence-corrected chi connectivity index (χ2v) is 5.93. The third-order valence-corrected chi connectivity index (χ3v) is 4.28. The molecule has 2 fully saturated rings. The lowest BCUT2D eigenvalue weighted by Gasteiger charge is -2.29. The Kier molecular flexibility index (Phi) is 3.16. The van der Waals surface area contributed by atoms with Crippen molar-refractivity contribution in [1.82, 2.24) is 5.32 Å². The van der Waals surface area contributed by atoms with Gasteiger partial charge in [0.15, 0.2) is 0 Å². The first-order valence-corrected chi connectivity index (χ1v) is 6.40. The van der Waals surface area contributed by atoms with E-state index in [1.54, 1.807) is 6.42 Å². The van der Waals surface area contributed by atoms with Crippen molar-refractivity contribution >= 4 is 0 Å². The van der Waals surface area contributed by atoms with Crippen LogP contribution in [0.25, 0.3) is 0 Å². The van der Waals surface area contributed by atoms with Gasteiger partial charge < -0.3 is 5.32 Å². The van der Waals surface area contributed by atoms with Crippen LogP contribution in [0.3, 0.4) is 0 Å². The lowest BCUT2D eigenvalue weighted by molar-refractivity contribution is 0.255. The Bertz CT molecular complexity index is 188. The number of rotatable bonds is 4. The van der Waals surface area contributed by atoms with Gasteiger partial charge in [-0.3, -0.25) is 0 Å². The third kappa shape index (κ3) is 2.13. The zero-order valence-corrected chi connectivity index (χ0v) is 9.92. The summed E-state index contributed by atoms with van der Waals surface area (Å²) in [4.78, 5) is 0. The van der Waals surface area contributed by atoms with Gasteiger partial charge in [-0.25, -0.2) is 0 Å². The molecule has 4 atom stereocenters. The third-order valence-electron chi connectivity index (χ3n) is 4.28. The molecule has 0 unspecified atom stereocenters. The van der Waals surface area contributed by atoms with Crippen molar-refractivity contribution in [2.75, 3.05) is 6.54 Å². The van der Waals surface area contributed by atoms with Gasteiger partial charge in [0.05, 0.1) is 0 Å². The van der Waals surface area contributed by atoms with Crippen LogP contribution in [0.4, 0.5) is 0 Å². The largest absolute Gasteiger partial charge is 0.314 e.